The highest BCUT2D eigenvalue weighted by atomic mass is 14.5. The van der Waals surface area contributed by atoms with Crippen molar-refractivity contribution in [2.24, 2.45) is 91.2 Å². The van der Waals surface area contributed by atoms with E-state index in [1.165, 1.54) is 315 Å². The molecule has 0 N–H and O–H groups in total. The second-order valence-electron chi connectivity index (χ2n) is 38.6. The first kappa shape index (κ1) is 80.3. The summed E-state index contributed by atoms with van der Waals surface area (Å²) >= 11 is 0. The molecule has 550 valence electrons. The van der Waals surface area contributed by atoms with Crippen molar-refractivity contribution >= 4 is 0 Å². The molecule has 0 aliphatic heterocycles. The van der Waals surface area contributed by atoms with Crippen LogP contribution in [0.15, 0.2) is 107 Å². The van der Waals surface area contributed by atoms with Crippen molar-refractivity contribution in [2.45, 2.75) is 412 Å². The fourth-order valence-corrected chi connectivity index (χ4v) is 20.4. The van der Waals surface area contributed by atoms with Gasteiger partial charge in [-0.15, -0.1) is 0 Å². The monoisotopic (exact) mass is 1330 g/mol. The molecule has 0 nitrogen and oxygen atoms in total. The number of hydrogen-bond acceptors (Lipinski definition) is 0. The van der Waals surface area contributed by atoms with Crippen molar-refractivity contribution in [3.05, 3.63) is 107 Å². The molecule has 0 aromatic heterocycles. The molecule has 0 aromatic rings. The minimum Gasteiger partial charge on any atom is -0.0877 e. The van der Waals surface area contributed by atoms with Gasteiger partial charge < -0.3 is 0 Å². The van der Waals surface area contributed by atoms with Crippen LogP contribution in [-0.4, -0.2) is 0 Å². The Bertz CT molecular complexity index is 2560. The first-order valence-electron chi connectivity index (χ1n) is 43.9. The Morgan fingerprint density at radius 3 is 0.856 bits per heavy atom. The summed E-state index contributed by atoms with van der Waals surface area (Å²) in [6.45, 7) is 32.9. The number of hydrogen-bond donors (Lipinski definition) is 0. The van der Waals surface area contributed by atoms with Gasteiger partial charge in [0.15, 0.2) is 0 Å². The predicted octanol–water partition coefficient (Wildman–Crippen LogP) is 31.8. The van der Waals surface area contributed by atoms with E-state index in [1.54, 1.807) is 27.9 Å². The lowest BCUT2D eigenvalue weighted by atomic mass is 9.65. The Morgan fingerprint density at radius 1 is 0.237 bits per heavy atom. The summed E-state index contributed by atoms with van der Waals surface area (Å²) in [5.41, 5.74) is 12.9. The van der Waals surface area contributed by atoms with Crippen molar-refractivity contribution in [3.63, 3.8) is 0 Å². The predicted molar refractivity (Wildman–Crippen MR) is 431 cm³/mol. The van der Waals surface area contributed by atoms with Gasteiger partial charge in [0.1, 0.15) is 0 Å². The zero-order chi connectivity index (χ0) is 69.4. The van der Waals surface area contributed by atoms with Gasteiger partial charge in [-0.1, -0.05) is 300 Å². The SMILES string of the molecule is CC(C)C1=CC2(C=CCC2)CCCC1.CC(C)C1=CC2(C=CCCC2)CCCC1.CC(C)C1=CC2(CCCC1)CC2.CC(C)C1=CC2(CCCC1)CCC2.CC(C)C1=CC2(CCCCCC2)CCCC1.CC(C)C1C=CC2(CCC1)CC2.CC(C)C1C=CC2(CCCCCC2)CC1. The molecule has 0 aromatic carbocycles. The molecule has 14 rings (SSSR count). The van der Waals surface area contributed by atoms with Gasteiger partial charge >= 0.3 is 0 Å². The van der Waals surface area contributed by atoms with Crippen molar-refractivity contribution in [1.29, 1.82) is 0 Å². The lowest BCUT2D eigenvalue weighted by Crippen LogP contribution is -2.26. The maximum Gasteiger partial charge on any atom is 0.00666 e. The molecule has 5 saturated carbocycles. The van der Waals surface area contributed by atoms with Crippen molar-refractivity contribution in [1.82, 2.24) is 0 Å². The van der Waals surface area contributed by atoms with Crippen LogP contribution < -0.4 is 0 Å². The highest BCUT2D eigenvalue weighted by Gasteiger charge is 2.42. The van der Waals surface area contributed by atoms with E-state index in [0.29, 0.717) is 37.9 Å². The summed E-state index contributed by atoms with van der Waals surface area (Å²) in [5, 5.41) is 0. The smallest absolute Gasteiger partial charge is 0.00666 e. The van der Waals surface area contributed by atoms with Gasteiger partial charge in [-0.2, -0.15) is 0 Å². The largest absolute Gasteiger partial charge is 0.0877 e. The lowest BCUT2D eigenvalue weighted by Gasteiger charge is -2.39. The fraction of sp³-hybridized carbons (Fsp3) is 0.814. The first-order chi connectivity index (χ1) is 46.5. The van der Waals surface area contributed by atoms with Crippen LogP contribution in [0.4, 0.5) is 0 Å². The fourth-order valence-electron chi connectivity index (χ4n) is 20.4. The molecular weight excluding hydrogens is 1170 g/mol. The normalized spacial score (nSPS) is 29.6. The van der Waals surface area contributed by atoms with Crippen LogP contribution >= 0.6 is 0 Å². The quantitative estimate of drug-likeness (QED) is 0.223. The van der Waals surface area contributed by atoms with E-state index in [9.17, 15) is 0 Å². The summed E-state index contributed by atoms with van der Waals surface area (Å²) in [5.74, 6) is 7.26. The Morgan fingerprint density at radius 2 is 0.536 bits per heavy atom. The minimum absolute atomic E-state index is 0.453. The van der Waals surface area contributed by atoms with E-state index in [0.717, 1.165) is 53.3 Å². The van der Waals surface area contributed by atoms with Crippen LogP contribution in [0.25, 0.3) is 0 Å². The summed E-state index contributed by atoms with van der Waals surface area (Å²) in [6.07, 6.45) is 104. The second-order valence-corrected chi connectivity index (χ2v) is 38.6. The molecule has 0 amide bonds. The molecule has 14 aliphatic rings. The molecule has 97 heavy (non-hydrogen) atoms. The van der Waals surface area contributed by atoms with Crippen molar-refractivity contribution in [2.75, 3.05) is 0 Å². The van der Waals surface area contributed by atoms with Crippen LogP contribution in [0.1, 0.15) is 412 Å². The van der Waals surface area contributed by atoms with Crippen molar-refractivity contribution < 1.29 is 0 Å². The van der Waals surface area contributed by atoms with E-state index in [4.69, 9.17) is 0 Å². The lowest BCUT2D eigenvalue weighted by molar-refractivity contribution is 0.184. The number of rotatable bonds is 7. The summed E-state index contributed by atoms with van der Waals surface area (Å²) < 4.78 is 0. The van der Waals surface area contributed by atoms with E-state index < -0.39 is 0 Å². The van der Waals surface area contributed by atoms with E-state index in [-0.39, 0.29) is 0 Å². The van der Waals surface area contributed by atoms with Gasteiger partial charge in [-0.25, -0.2) is 0 Å². The topological polar surface area (TPSA) is 0 Å². The molecule has 7 spiro atoms. The maximum atomic E-state index is 2.73. The Labute approximate surface area is 606 Å². The third-order valence-electron chi connectivity index (χ3n) is 28.3. The standard InChI is InChI=1S/C16H28.C15H24.C15H26.C14H22.C13H22.2C12H20/c1-14(2)15-9-5-8-12-16(13-15)10-6-3-4-7-11-16;1-13(2)14-8-4-7-11-15(12-14)9-5-3-6-10-15;1-13(2)14-7-11-15(12-8-14)9-5-3-4-6-10-15;1-12(2)13-7-3-4-8-14(11-13)9-5-6-10-14;1-11(2)12-6-3-4-7-13(10-12)8-5-9-13;1-10(2)11-4-3-6-12(7-5-11)8-9-12;1-10(2)11-5-3-4-6-12(9-11)7-8-12/h13-14H,3-12H2,1-2H3;5,9,12-13H,3-4,6-8,10-11H2,1-2H3;7,11,13-14H,3-6,8-10,12H2,1-2H3;5,9,11-12H,3-4,6-8,10H2,1-2H3;10-11H,3-9H2,1-2H3;5,7,10-11H,3-4,6,8-9H2,1-2H3;9-10H,3-8H2,1-2H3. The first-order valence-corrected chi connectivity index (χ1v) is 43.9. The van der Waals surface area contributed by atoms with Gasteiger partial charge in [0.2, 0.25) is 0 Å². The summed E-state index contributed by atoms with van der Waals surface area (Å²) in [4.78, 5) is 0. The molecule has 4 atom stereocenters. The zero-order valence-corrected chi connectivity index (χ0v) is 67.3. The Balaban J connectivity index is 0.000000145. The molecule has 0 heterocycles. The average molecular weight is 1330 g/mol. The molecule has 0 radical (unpaired) electrons. The second kappa shape index (κ2) is 39.0. The van der Waals surface area contributed by atoms with Gasteiger partial charge in [0.05, 0.1) is 0 Å². The summed E-state index contributed by atoms with van der Waals surface area (Å²) in [7, 11) is 0. The van der Waals surface area contributed by atoms with Crippen LogP contribution in [0.2, 0.25) is 0 Å². The molecule has 4 unspecified atom stereocenters. The molecule has 14 aliphatic carbocycles. The molecule has 5 fully saturated rings. The average Bonchev–Trinajstić information content (AvgIpc) is 1.72. The third kappa shape index (κ3) is 25.8. The van der Waals surface area contributed by atoms with Gasteiger partial charge in [-0.05, 0) is 299 Å². The van der Waals surface area contributed by atoms with Gasteiger partial charge in [0, 0.05) is 10.8 Å². The van der Waals surface area contributed by atoms with Crippen molar-refractivity contribution in [3.8, 4) is 0 Å². The highest BCUT2D eigenvalue weighted by molar-refractivity contribution is 5.25. The van der Waals surface area contributed by atoms with Crippen LogP contribution in [-0.2, 0) is 0 Å². The molecule has 0 heteroatoms. The van der Waals surface area contributed by atoms with Crippen LogP contribution in [0.5, 0.6) is 0 Å². The zero-order valence-electron chi connectivity index (χ0n) is 67.3. The van der Waals surface area contributed by atoms with E-state index in [1.807, 2.05) is 0 Å². The van der Waals surface area contributed by atoms with Crippen LogP contribution in [0, 0.1) is 91.2 Å². The highest BCUT2D eigenvalue weighted by Crippen LogP contribution is 2.56. The molecule has 0 saturated heterocycles. The van der Waals surface area contributed by atoms with Crippen LogP contribution in [0.3, 0.4) is 0 Å². The summed E-state index contributed by atoms with van der Waals surface area (Å²) in [6, 6.07) is 0. The van der Waals surface area contributed by atoms with E-state index in [2.05, 4.69) is 176 Å². The van der Waals surface area contributed by atoms with Gasteiger partial charge in [-0.3, -0.25) is 0 Å². The molecule has 0 bridgehead atoms. The Hall–Kier alpha value is -2.34. The maximum absolute atomic E-state index is 2.73. The van der Waals surface area contributed by atoms with E-state index >= 15 is 0 Å². The molecular formula is C97H162. The minimum atomic E-state index is 0.453. The Kier molecular flexibility index (Phi) is 32.3. The number of allylic oxidation sites excluding steroid dienone is 18. The third-order valence-corrected chi connectivity index (χ3v) is 28.3. The van der Waals surface area contributed by atoms with Gasteiger partial charge in [0.25, 0.3) is 0 Å².